The van der Waals surface area contributed by atoms with Crippen molar-refractivity contribution >= 4 is 5.97 Å². The van der Waals surface area contributed by atoms with Gasteiger partial charge in [0.1, 0.15) is 0 Å². The van der Waals surface area contributed by atoms with Crippen LogP contribution < -0.4 is 0 Å². The first-order valence-corrected chi connectivity index (χ1v) is 3.49. The molecule has 0 rings (SSSR count). The molecule has 0 saturated heterocycles. The van der Waals surface area contributed by atoms with E-state index in [0.717, 1.165) is 6.42 Å². The van der Waals surface area contributed by atoms with Crippen LogP contribution in [0.4, 0.5) is 13.2 Å². The first-order chi connectivity index (χ1) is 6.27. The lowest BCUT2D eigenvalue weighted by Crippen LogP contribution is -2.21. The molecule has 2 N–H and O–H groups in total. The smallest absolute Gasteiger partial charge is 0.475 e. The third-order valence-electron chi connectivity index (χ3n) is 0.466. The van der Waals surface area contributed by atoms with E-state index in [0.29, 0.717) is 6.61 Å². The normalized spacial score (nSPS) is 8.36. The number of hydrogen-bond acceptors (Lipinski definition) is 3. The van der Waals surface area contributed by atoms with E-state index >= 15 is 0 Å². The Kier molecular flexibility index (Phi) is 15.5. The van der Waals surface area contributed by atoms with E-state index in [1.165, 1.54) is 6.92 Å². The maximum absolute atomic E-state index is 10.6. The van der Waals surface area contributed by atoms with Crippen molar-refractivity contribution in [3.8, 4) is 6.07 Å². The molecule has 0 saturated carbocycles. The number of hydrogen-bond donors (Lipinski definition) is 2. The Balaban J connectivity index is -0.000000147. The van der Waals surface area contributed by atoms with Crippen LogP contribution in [0.3, 0.4) is 0 Å². The number of rotatable bonds is 1. The quantitative estimate of drug-likeness (QED) is 0.695. The molecule has 0 unspecified atom stereocenters. The highest BCUT2D eigenvalue weighted by Crippen LogP contribution is 2.13. The average Bonchev–Trinajstić information content (AvgIpc) is 2.04. The molecule has 0 spiro atoms. The van der Waals surface area contributed by atoms with Gasteiger partial charge in [-0.15, -0.1) is 0 Å². The van der Waals surface area contributed by atoms with Crippen molar-refractivity contribution in [3.63, 3.8) is 0 Å². The third-order valence-corrected chi connectivity index (χ3v) is 0.466. The lowest BCUT2D eigenvalue weighted by Gasteiger charge is -1.93. The number of carbonyl (C=O) groups is 1. The van der Waals surface area contributed by atoms with Gasteiger partial charge in [-0.2, -0.15) is 18.4 Å². The van der Waals surface area contributed by atoms with E-state index in [-0.39, 0.29) is 0 Å². The summed E-state index contributed by atoms with van der Waals surface area (Å²) in [4.78, 5) is 8.90. The second-order valence-corrected chi connectivity index (χ2v) is 1.75. The zero-order valence-electron chi connectivity index (χ0n) is 7.80. The van der Waals surface area contributed by atoms with Gasteiger partial charge in [0.2, 0.25) is 0 Å². The lowest BCUT2D eigenvalue weighted by molar-refractivity contribution is -0.192. The zero-order chi connectivity index (χ0) is 12.2. The van der Waals surface area contributed by atoms with Crippen LogP contribution in [0.2, 0.25) is 0 Å². The van der Waals surface area contributed by atoms with E-state index in [2.05, 4.69) is 0 Å². The molecule has 0 heterocycles. The summed E-state index contributed by atoms with van der Waals surface area (Å²) in [5.41, 5.74) is 0. The van der Waals surface area contributed by atoms with Gasteiger partial charge in [-0.25, -0.2) is 4.79 Å². The predicted octanol–water partition coefficient (Wildman–Crippen LogP) is 1.55. The molecule has 7 heteroatoms. The van der Waals surface area contributed by atoms with Crippen molar-refractivity contribution < 1.29 is 28.2 Å². The fraction of sp³-hybridized carbons (Fsp3) is 0.714. The molecule has 0 aromatic rings. The second-order valence-electron chi connectivity index (χ2n) is 1.75. The molecule has 0 aliphatic carbocycles. The summed E-state index contributed by atoms with van der Waals surface area (Å²) in [5.74, 6) is -2.76. The summed E-state index contributed by atoms with van der Waals surface area (Å²) in [6, 6.07) is 1.75. The maximum Gasteiger partial charge on any atom is 0.490 e. The van der Waals surface area contributed by atoms with E-state index in [9.17, 15) is 13.2 Å². The maximum atomic E-state index is 10.6. The topological polar surface area (TPSA) is 81.3 Å². The number of aliphatic hydroxyl groups is 1. The van der Waals surface area contributed by atoms with Crippen molar-refractivity contribution in [2.45, 2.75) is 26.4 Å². The number of nitrogens with zero attached hydrogens (tertiary/aromatic N) is 1. The number of halogens is 3. The zero-order valence-corrected chi connectivity index (χ0v) is 7.80. The van der Waals surface area contributed by atoms with Gasteiger partial charge in [0.05, 0.1) is 6.07 Å². The van der Waals surface area contributed by atoms with E-state index in [1.807, 2.05) is 6.92 Å². The van der Waals surface area contributed by atoms with Crippen LogP contribution >= 0.6 is 0 Å². The van der Waals surface area contributed by atoms with Gasteiger partial charge in [0.15, 0.2) is 0 Å². The molecule has 0 aromatic carbocycles. The monoisotopic (exact) mass is 215 g/mol. The van der Waals surface area contributed by atoms with Crippen LogP contribution in [0.15, 0.2) is 0 Å². The average molecular weight is 215 g/mol. The highest BCUT2D eigenvalue weighted by Gasteiger charge is 2.38. The molecular weight excluding hydrogens is 203 g/mol. The third kappa shape index (κ3) is 31.0. The molecule has 4 nitrogen and oxygen atoms in total. The van der Waals surface area contributed by atoms with Gasteiger partial charge in [-0.1, -0.05) is 6.92 Å². The summed E-state index contributed by atoms with van der Waals surface area (Å²) in [6.07, 6.45) is -4.21. The Morgan fingerprint density at radius 1 is 1.50 bits per heavy atom. The molecule has 84 valence electrons. The molecule has 0 aromatic heterocycles. The predicted molar refractivity (Wildman–Crippen MR) is 42.4 cm³/mol. The Labute approximate surface area is 79.6 Å². The summed E-state index contributed by atoms with van der Waals surface area (Å²) in [6.45, 7) is 3.68. The minimum Gasteiger partial charge on any atom is -0.475 e. The van der Waals surface area contributed by atoms with Crippen LogP contribution in [0.5, 0.6) is 0 Å². The van der Waals surface area contributed by atoms with Crippen molar-refractivity contribution in [2.24, 2.45) is 0 Å². The van der Waals surface area contributed by atoms with Crippen LogP contribution in [0.25, 0.3) is 0 Å². The van der Waals surface area contributed by atoms with E-state index < -0.39 is 12.1 Å². The molecule has 0 amide bonds. The summed E-state index contributed by atoms with van der Waals surface area (Å²) >= 11 is 0. The molecular formula is C7H12F3NO3. The lowest BCUT2D eigenvalue weighted by atomic mass is 10.5. The number of nitriles is 1. The highest BCUT2D eigenvalue weighted by atomic mass is 19.4. The summed E-state index contributed by atoms with van der Waals surface area (Å²) in [5, 5.41) is 22.3. The van der Waals surface area contributed by atoms with Crippen LogP contribution in [0, 0.1) is 11.3 Å². The highest BCUT2D eigenvalue weighted by molar-refractivity contribution is 5.73. The first kappa shape index (κ1) is 18.5. The number of aliphatic hydroxyl groups excluding tert-OH is 1. The number of carboxylic acid groups (broad SMARTS) is 1. The van der Waals surface area contributed by atoms with E-state index in [1.54, 1.807) is 6.07 Å². The van der Waals surface area contributed by atoms with Crippen molar-refractivity contribution in [1.82, 2.24) is 0 Å². The van der Waals surface area contributed by atoms with Gasteiger partial charge in [-0.05, 0) is 6.42 Å². The number of carboxylic acids is 1. The SMILES string of the molecule is CC#N.CCCO.O=C(O)C(F)(F)F. The minimum atomic E-state index is -5.08. The largest absolute Gasteiger partial charge is 0.490 e. The molecule has 0 fully saturated rings. The molecule has 0 radical (unpaired) electrons. The summed E-state index contributed by atoms with van der Waals surface area (Å²) in [7, 11) is 0. The van der Waals surface area contributed by atoms with Crippen LogP contribution in [-0.2, 0) is 4.79 Å². The molecule has 0 atom stereocenters. The minimum absolute atomic E-state index is 0.319. The second kappa shape index (κ2) is 11.7. The van der Waals surface area contributed by atoms with Gasteiger partial charge in [-0.3, -0.25) is 0 Å². The van der Waals surface area contributed by atoms with Gasteiger partial charge < -0.3 is 10.2 Å². The first-order valence-electron chi connectivity index (χ1n) is 3.49. The number of aliphatic carboxylic acids is 1. The van der Waals surface area contributed by atoms with Crippen LogP contribution in [-0.4, -0.2) is 29.0 Å². The van der Waals surface area contributed by atoms with Crippen molar-refractivity contribution in [3.05, 3.63) is 0 Å². The molecule has 0 bridgehead atoms. The van der Waals surface area contributed by atoms with Crippen molar-refractivity contribution in [2.75, 3.05) is 6.61 Å². The Morgan fingerprint density at radius 2 is 1.64 bits per heavy atom. The van der Waals surface area contributed by atoms with Gasteiger partial charge in [0, 0.05) is 13.5 Å². The van der Waals surface area contributed by atoms with Crippen LogP contribution in [0.1, 0.15) is 20.3 Å². The molecule has 14 heavy (non-hydrogen) atoms. The van der Waals surface area contributed by atoms with Gasteiger partial charge >= 0.3 is 12.1 Å². The standard InChI is InChI=1S/C3H8O.C2HF3O2.C2H3N/c1-2-3-4;3-2(4,5)1(6)7;1-2-3/h4H,2-3H2,1H3;(H,6,7);1H3. The van der Waals surface area contributed by atoms with Crippen molar-refractivity contribution in [1.29, 1.82) is 5.26 Å². The Hall–Kier alpha value is -1.29. The molecule has 0 aliphatic rings. The van der Waals surface area contributed by atoms with E-state index in [4.69, 9.17) is 20.3 Å². The fourth-order valence-electron chi connectivity index (χ4n) is 0. The molecule has 0 aliphatic heterocycles. The fourth-order valence-corrected chi connectivity index (χ4v) is 0. The Bertz CT molecular complexity index is 172. The number of alkyl halides is 3. The van der Waals surface area contributed by atoms with Gasteiger partial charge in [0.25, 0.3) is 0 Å². The summed E-state index contributed by atoms with van der Waals surface area (Å²) < 4.78 is 31.7. The Morgan fingerprint density at radius 3 is 1.64 bits per heavy atom.